The molecule has 126 valence electrons. The molecule has 0 N–H and O–H groups in total. The fraction of sp³-hybridized carbons (Fsp3) is 0.286. The third-order valence-electron chi connectivity index (χ3n) is 3.60. The monoisotopic (exact) mass is 438 g/mol. The second-order valence-corrected chi connectivity index (χ2v) is 8.51. The van der Waals surface area contributed by atoms with Crippen LogP contribution in [0.2, 0.25) is 0 Å². The summed E-state index contributed by atoms with van der Waals surface area (Å²) < 4.78 is 7.56. The summed E-state index contributed by atoms with van der Waals surface area (Å²) in [5, 5.41) is 0. The van der Waals surface area contributed by atoms with Crippen LogP contribution in [0, 0.1) is 0 Å². The van der Waals surface area contributed by atoms with Crippen molar-refractivity contribution in [1.29, 1.82) is 0 Å². The molecule has 24 heavy (non-hydrogen) atoms. The van der Waals surface area contributed by atoms with E-state index >= 15 is 0 Å². The van der Waals surface area contributed by atoms with E-state index in [1.165, 1.54) is 9.18 Å². The number of carbonyl (C=O) groups excluding carboxylic acids is 1. The first-order valence-corrected chi connectivity index (χ1v) is 10.8. The van der Waals surface area contributed by atoms with Gasteiger partial charge in [-0.3, -0.25) is 0 Å². The van der Waals surface area contributed by atoms with Crippen LogP contribution in [0.25, 0.3) is 5.57 Å². The first-order chi connectivity index (χ1) is 11.8. The van der Waals surface area contributed by atoms with Gasteiger partial charge in [-0.05, 0) is 0 Å². The SMILES string of the molecule is CCCC/C(=C(/[Te]c1ccccc1)C(=O)OCC)c1ccccc1. The van der Waals surface area contributed by atoms with Crippen molar-refractivity contribution in [3.05, 3.63) is 69.8 Å². The molecule has 2 nitrogen and oxygen atoms in total. The standard InChI is InChI=1S/C21H24O2Te/c1-3-5-16-19(17-12-8-6-9-13-17)20(21(22)23-4-2)24-18-14-10-7-11-15-18/h6-15H,3-5,16H2,1-2H3/b20-19-. The number of ether oxygens (including phenoxy) is 1. The van der Waals surface area contributed by atoms with Gasteiger partial charge in [-0.2, -0.15) is 0 Å². The van der Waals surface area contributed by atoms with Crippen LogP contribution in [0.4, 0.5) is 0 Å². The molecule has 2 rings (SSSR count). The van der Waals surface area contributed by atoms with Gasteiger partial charge in [0.15, 0.2) is 0 Å². The average molecular weight is 436 g/mol. The number of hydrogen-bond acceptors (Lipinski definition) is 2. The van der Waals surface area contributed by atoms with Gasteiger partial charge in [0.25, 0.3) is 0 Å². The van der Waals surface area contributed by atoms with Crippen LogP contribution in [0.3, 0.4) is 0 Å². The van der Waals surface area contributed by atoms with Gasteiger partial charge in [0, 0.05) is 0 Å². The Morgan fingerprint density at radius 1 is 0.958 bits per heavy atom. The number of carbonyl (C=O) groups is 1. The van der Waals surface area contributed by atoms with Gasteiger partial charge in [-0.25, -0.2) is 0 Å². The number of unbranched alkanes of at least 4 members (excludes halogenated alkanes) is 1. The quantitative estimate of drug-likeness (QED) is 0.353. The molecule has 0 saturated heterocycles. The van der Waals surface area contributed by atoms with Crippen LogP contribution in [0.1, 0.15) is 38.7 Å². The molecule has 0 aliphatic carbocycles. The van der Waals surface area contributed by atoms with E-state index in [0.717, 1.165) is 28.4 Å². The summed E-state index contributed by atoms with van der Waals surface area (Å²) in [5.74, 6) is -0.140. The zero-order chi connectivity index (χ0) is 17.2. The number of esters is 1. The molecule has 0 heterocycles. The summed E-state index contributed by atoms with van der Waals surface area (Å²) in [7, 11) is 0. The fourth-order valence-corrected chi connectivity index (χ4v) is 5.31. The summed E-state index contributed by atoms with van der Waals surface area (Å²) in [6, 6.07) is 20.6. The Morgan fingerprint density at radius 3 is 2.17 bits per heavy atom. The summed E-state index contributed by atoms with van der Waals surface area (Å²) >= 11 is -0.784. The number of rotatable bonds is 8. The second-order valence-electron chi connectivity index (χ2n) is 5.41. The van der Waals surface area contributed by atoms with Gasteiger partial charge in [0.05, 0.1) is 0 Å². The molecule has 3 heteroatoms. The summed E-state index contributed by atoms with van der Waals surface area (Å²) in [6.07, 6.45) is 3.11. The molecule has 2 aromatic carbocycles. The Kier molecular flexibility index (Phi) is 8.08. The predicted molar refractivity (Wildman–Crippen MR) is 101 cm³/mol. The minimum atomic E-state index is -0.784. The summed E-state index contributed by atoms with van der Waals surface area (Å²) in [4.78, 5) is 12.7. The zero-order valence-electron chi connectivity index (χ0n) is 14.3. The molecule has 0 bridgehead atoms. The molecule has 0 aliphatic rings. The van der Waals surface area contributed by atoms with Crippen molar-refractivity contribution in [1.82, 2.24) is 0 Å². The van der Waals surface area contributed by atoms with E-state index in [9.17, 15) is 4.79 Å². The molecule has 0 atom stereocenters. The Balaban J connectivity index is 2.47. The van der Waals surface area contributed by atoms with Crippen LogP contribution in [-0.2, 0) is 9.53 Å². The summed E-state index contributed by atoms with van der Waals surface area (Å²) in [5.41, 5.74) is 2.32. The average Bonchev–Trinajstić information content (AvgIpc) is 2.63. The predicted octanol–water partition coefficient (Wildman–Crippen LogP) is 4.18. The Bertz CT molecular complexity index is 663. The van der Waals surface area contributed by atoms with Crippen LogP contribution in [0.5, 0.6) is 0 Å². The molecule has 0 radical (unpaired) electrons. The summed E-state index contributed by atoms with van der Waals surface area (Å²) in [6.45, 7) is 4.47. The number of allylic oxidation sites excluding steroid dienone is 1. The van der Waals surface area contributed by atoms with Crippen LogP contribution < -0.4 is 3.61 Å². The maximum atomic E-state index is 12.7. The molecule has 0 fully saturated rings. The van der Waals surface area contributed by atoms with E-state index in [-0.39, 0.29) is 5.97 Å². The molecule has 0 aromatic heterocycles. The van der Waals surface area contributed by atoms with Gasteiger partial charge in [-0.1, -0.05) is 0 Å². The third kappa shape index (κ3) is 5.51. The van der Waals surface area contributed by atoms with Crippen molar-refractivity contribution in [2.75, 3.05) is 6.61 Å². The van der Waals surface area contributed by atoms with E-state index in [1.807, 2.05) is 43.3 Å². The molecule has 0 amide bonds. The molecule has 0 unspecified atom stereocenters. The molecule has 0 aliphatic heterocycles. The van der Waals surface area contributed by atoms with Gasteiger partial charge in [0.1, 0.15) is 0 Å². The van der Waals surface area contributed by atoms with Crippen molar-refractivity contribution in [2.24, 2.45) is 0 Å². The van der Waals surface area contributed by atoms with E-state index in [0.29, 0.717) is 6.61 Å². The van der Waals surface area contributed by atoms with Gasteiger partial charge < -0.3 is 0 Å². The van der Waals surface area contributed by atoms with Crippen LogP contribution >= 0.6 is 0 Å². The second kappa shape index (κ2) is 10.3. The molecular formula is C21H24O2Te. The molecule has 0 spiro atoms. The number of hydrogen-bond donors (Lipinski definition) is 0. The third-order valence-corrected chi connectivity index (χ3v) is 6.81. The minimum absolute atomic E-state index is 0.140. The van der Waals surface area contributed by atoms with E-state index in [2.05, 4.69) is 31.2 Å². The Morgan fingerprint density at radius 2 is 1.58 bits per heavy atom. The topological polar surface area (TPSA) is 26.3 Å². The van der Waals surface area contributed by atoms with E-state index < -0.39 is 20.9 Å². The van der Waals surface area contributed by atoms with Crippen molar-refractivity contribution in [3.63, 3.8) is 0 Å². The Labute approximate surface area is 155 Å². The Hall–Kier alpha value is -1.56. The van der Waals surface area contributed by atoms with Gasteiger partial charge in [-0.15, -0.1) is 0 Å². The molecule has 2 aromatic rings. The van der Waals surface area contributed by atoms with E-state index in [4.69, 9.17) is 4.74 Å². The normalized spacial score (nSPS) is 11.8. The van der Waals surface area contributed by atoms with Gasteiger partial charge in [0.2, 0.25) is 0 Å². The van der Waals surface area contributed by atoms with Crippen molar-refractivity contribution >= 4 is 36.1 Å². The first kappa shape index (κ1) is 18.8. The maximum absolute atomic E-state index is 12.7. The molecular weight excluding hydrogens is 412 g/mol. The fourth-order valence-electron chi connectivity index (χ4n) is 2.41. The van der Waals surface area contributed by atoms with Crippen molar-refractivity contribution in [2.45, 2.75) is 33.1 Å². The first-order valence-electron chi connectivity index (χ1n) is 8.44. The van der Waals surface area contributed by atoms with Crippen LogP contribution in [0.15, 0.2) is 64.3 Å². The van der Waals surface area contributed by atoms with Crippen LogP contribution in [-0.4, -0.2) is 33.5 Å². The van der Waals surface area contributed by atoms with Crippen molar-refractivity contribution in [3.8, 4) is 0 Å². The van der Waals surface area contributed by atoms with E-state index in [1.54, 1.807) is 0 Å². The van der Waals surface area contributed by atoms with Gasteiger partial charge >= 0.3 is 155 Å². The van der Waals surface area contributed by atoms with Crippen molar-refractivity contribution < 1.29 is 9.53 Å². The zero-order valence-corrected chi connectivity index (χ0v) is 16.7. The number of benzene rings is 2. The molecule has 0 saturated carbocycles.